The summed E-state index contributed by atoms with van der Waals surface area (Å²) in [5, 5.41) is 25.5. The van der Waals surface area contributed by atoms with Crippen molar-refractivity contribution < 1.29 is 10.1 Å². The van der Waals surface area contributed by atoms with Crippen LogP contribution in [-0.2, 0) is 0 Å². The second-order valence-electron chi connectivity index (χ2n) is 5.78. The van der Waals surface area contributed by atoms with Gasteiger partial charge in [0.1, 0.15) is 5.69 Å². The molecule has 25 heavy (non-hydrogen) atoms. The zero-order valence-electron chi connectivity index (χ0n) is 13.8. The van der Waals surface area contributed by atoms with Crippen molar-refractivity contribution >= 4 is 11.5 Å². The smallest absolute Gasteiger partial charge is 0.409 e. The molecule has 0 saturated carbocycles. The normalized spacial score (nSPS) is 11.9. The van der Waals surface area contributed by atoms with E-state index in [2.05, 4.69) is 23.9 Å². The Morgan fingerprint density at radius 3 is 2.32 bits per heavy atom. The molecular weight excluding hydrogens is 322 g/mol. The van der Waals surface area contributed by atoms with Gasteiger partial charge in [0.15, 0.2) is 0 Å². The van der Waals surface area contributed by atoms with Gasteiger partial charge in [-0.2, -0.15) is 0 Å². The minimum atomic E-state index is -0.673. The number of hydrogen-bond donors (Lipinski definition) is 1. The van der Waals surface area contributed by atoms with Gasteiger partial charge in [-0.1, -0.05) is 49.0 Å². The first-order valence-corrected chi connectivity index (χ1v) is 7.73. The molecule has 0 spiro atoms. The number of benzene rings is 2. The Balaban J connectivity index is 2.14. The van der Waals surface area contributed by atoms with Gasteiger partial charge in [0.25, 0.3) is 5.49 Å². The van der Waals surface area contributed by atoms with Gasteiger partial charge in [-0.05, 0) is 45.5 Å². The maximum absolute atomic E-state index is 11.3. The first-order chi connectivity index (χ1) is 12.0. The molecule has 0 aliphatic rings. The molecule has 0 saturated heterocycles. The number of nitro groups is 1. The van der Waals surface area contributed by atoms with Gasteiger partial charge >= 0.3 is 5.82 Å². The van der Waals surface area contributed by atoms with Crippen molar-refractivity contribution in [3.63, 3.8) is 0 Å². The van der Waals surface area contributed by atoms with Gasteiger partial charge in [0.05, 0.1) is 10.8 Å². The average Bonchev–Trinajstić information content (AvgIpc) is 2.93. The predicted octanol–water partition coefficient (Wildman–Crippen LogP) is 3.18. The van der Waals surface area contributed by atoms with E-state index in [9.17, 15) is 15.3 Å². The van der Waals surface area contributed by atoms with E-state index >= 15 is 0 Å². The largest absolute Gasteiger partial charge is 0.438 e. The lowest BCUT2D eigenvalue weighted by Crippen LogP contribution is -2.21. The van der Waals surface area contributed by atoms with Crippen molar-refractivity contribution in [1.82, 2.24) is 14.7 Å². The SMILES string of the molecule is CC(C)c1ccc(N=c2c([N+](=O)[O-])nn(-c3ccccc3)n2O)cc1. The van der Waals surface area contributed by atoms with E-state index in [1.54, 1.807) is 42.5 Å². The Labute approximate surface area is 143 Å². The number of nitrogens with zero attached hydrogens (tertiary/aromatic N) is 5. The Kier molecular flexibility index (Phi) is 4.34. The number of rotatable bonds is 4. The molecule has 0 amide bonds. The van der Waals surface area contributed by atoms with Gasteiger partial charge in [-0.25, -0.2) is 4.99 Å². The molecule has 3 aromatic rings. The molecule has 2 aromatic carbocycles. The first kappa shape index (κ1) is 16.4. The van der Waals surface area contributed by atoms with Crippen LogP contribution in [-0.4, -0.2) is 24.9 Å². The van der Waals surface area contributed by atoms with Crippen LogP contribution in [0.4, 0.5) is 11.5 Å². The summed E-state index contributed by atoms with van der Waals surface area (Å²) < 4.78 is 0. The minimum Gasteiger partial charge on any atom is -0.409 e. The molecule has 0 aliphatic carbocycles. The van der Waals surface area contributed by atoms with E-state index in [0.29, 0.717) is 22.1 Å². The topological polar surface area (TPSA) is 98.5 Å². The van der Waals surface area contributed by atoms with E-state index in [4.69, 9.17) is 0 Å². The number of para-hydroxylation sites is 1. The summed E-state index contributed by atoms with van der Waals surface area (Å²) in [4.78, 5) is 16.4. The lowest BCUT2D eigenvalue weighted by molar-refractivity contribution is -0.391. The zero-order chi connectivity index (χ0) is 18.0. The Bertz CT molecular complexity index is 956. The molecule has 128 valence electrons. The predicted molar refractivity (Wildman–Crippen MR) is 91.1 cm³/mol. The lowest BCUT2D eigenvalue weighted by Gasteiger charge is -2.04. The van der Waals surface area contributed by atoms with Gasteiger partial charge in [0.2, 0.25) is 0 Å². The molecule has 0 unspecified atom stereocenters. The molecule has 1 N–H and O–H groups in total. The summed E-state index contributed by atoms with van der Waals surface area (Å²) >= 11 is 0. The van der Waals surface area contributed by atoms with Crippen LogP contribution in [0.15, 0.2) is 59.6 Å². The maximum atomic E-state index is 11.3. The molecule has 0 aliphatic heterocycles. The van der Waals surface area contributed by atoms with Crippen LogP contribution in [0.25, 0.3) is 5.69 Å². The second-order valence-corrected chi connectivity index (χ2v) is 5.78. The summed E-state index contributed by atoms with van der Waals surface area (Å²) in [6.07, 6.45) is 0. The Hall–Kier alpha value is -3.42. The monoisotopic (exact) mass is 339 g/mol. The van der Waals surface area contributed by atoms with Gasteiger partial charge in [0, 0.05) is 0 Å². The Morgan fingerprint density at radius 1 is 1.12 bits per heavy atom. The molecular formula is C17H17N5O3. The average molecular weight is 339 g/mol. The summed E-state index contributed by atoms with van der Waals surface area (Å²) in [5.41, 5.74) is 1.85. The maximum Gasteiger partial charge on any atom is 0.438 e. The van der Waals surface area contributed by atoms with E-state index in [1.807, 2.05) is 12.1 Å². The molecule has 1 aromatic heterocycles. The molecule has 8 heteroatoms. The third-order valence-corrected chi connectivity index (χ3v) is 3.71. The molecule has 3 rings (SSSR count). The third-order valence-electron chi connectivity index (χ3n) is 3.71. The van der Waals surface area contributed by atoms with Crippen molar-refractivity contribution in [2.45, 2.75) is 19.8 Å². The summed E-state index contributed by atoms with van der Waals surface area (Å²) in [5.74, 6) is -0.161. The van der Waals surface area contributed by atoms with E-state index in [-0.39, 0.29) is 5.49 Å². The van der Waals surface area contributed by atoms with Crippen LogP contribution in [0.5, 0.6) is 0 Å². The van der Waals surface area contributed by atoms with Crippen LogP contribution in [0, 0.1) is 10.1 Å². The highest BCUT2D eigenvalue weighted by Gasteiger charge is 2.24. The number of hydrogen-bond acceptors (Lipinski definition) is 5. The van der Waals surface area contributed by atoms with Gasteiger partial charge in [-0.15, -0.1) is 0 Å². The quantitative estimate of drug-likeness (QED) is 0.448. The highest BCUT2D eigenvalue weighted by atomic mass is 16.6. The standard InChI is InChI=1S/C17H17N5O3/c1-12(2)13-8-10-14(11-9-13)18-16-17(22(24)25)19-20(21(16)23)15-6-4-3-5-7-15/h3-12,23H,1-2H3. The lowest BCUT2D eigenvalue weighted by atomic mass is 10.0. The first-order valence-electron chi connectivity index (χ1n) is 7.73. The molecule has 0 radical (unpaired) electrons. The van der Waals surface area contributed by atoms with Crippen LogP contribution in [0.3, 0.4) is 0 Å². The van der Waals surface area contributed by atoms with Gasteiger partial charge in [-0.3, -0.25) is 0 Å². The third kappa shape index (κ3) is 3.27. The van der Waals surface area contributed by atoms with E-state index in [0.717, 1.165) is 10.4 Å². The van der Waals surface area contributed by atoms with Crippen LogP contribution in [0.1, 0.15) is 25.3 Å². The van der Waals surface area contributed by atoms with Crippen LogP contribution in [0.2, 0.25) is 0 Å². The molecule has 0 bridgehead atoms. The molecule has 0 atom stereocenters. The molecule has 1 heterocycles. The van der Waals surface area contributed by atoms with Gasteiger partial charge < -0.3 is 15.3 Å². The van der Waals surface area contributed by atoms with Crippen LogP contribution < -0.4 is 5.49 Å². The summed E-state index contributed by atoms with van der Waals surface area (Å²) in [6.45, 7) is 4.14. The zero-order valence-corrected chi connectivity index (χ0v) is 13.8. The fourth-order valence-corrected chi connectivity index (χ4v) is 2.35. The summed E-state index contributed by atoms with van der Waals surface area (Å²) in [6, 6.07) is 15.9. The van der Waals surface area contributed by atoms with Crippen LogP contribution >= 0.6 is 0 Å². The number of aromatic nitrogens is 3. The minimum absolute atomic E-state index is 0.244. The van der Waals surface area contributed by atoms with Crippen molar-refractivity contribution in [2.24, 2.45) is 4.99 Å². The summed E-state index contributed by atoms with van der Waals surface area (Å²) in [7, 11) is 0. The van der Waals surface area contributed by atoms with E-state index < -0.39 is 10.7 Å². The fourth-order valence-electron chi connectivity index (χ4n) is 2.35. The molecule has 8 nitrogen and oxygen atoms in total. The van der Waals surface area contributed by atoms with Crippen molar-refractivity contribution in [3.8, 4) is 5.69 Å². The fraction of sp³-hybridized carbons (Fsp3) is 0.176. The van der Waals surface area contributed by atoms with Crippen molar-refractivity contribution in [2.75, 3.05) is 0 Å². The molecule has 0 fully saturated rings. The van der Waals surface area contributed by atoms with Crippen molar-refractivity contribution in [3.05, 3.63) is 75.8 Å². The van der Waals surface area contributed by atoms with Crippen molar-refractivity contribution in [1.29, 1.82) is 0 Å². The Morgan fingerprint density at radius 2 is 1.76 bits per heavy atom. The highest BCUT2D eigenvalue weighted by molar-refractivity contribution is 5.40. The van der Waals surface area contributed by atoms with E-state index in [1.165, 1.54) is 0 Å². The second kappa shape index (κ2) is 6.60. The highest BCUT2D eigenvalue weighted by Crippen LogP contribution is 2.19.